The van der Waals surface area contributed by atoms with Crippen molar-refractivity contribution in [1.29, 1.82) is 0 Å². The van der Waals surface area contributed by atoms with E-state index in [0.29, 0.717) is 5.69 Å². The zero-order valence-electron chi connectivity index (χ0n) is 16.0. The predicted octanol–water partition coefficient (Wildman–Crippen LogP) is 0.260. The van der Waals surface area contributed by atoms with Crippen LogP contribution >= 0.6 is 15.9 Å². The smallest absolute Gasteiger partial charge is 0.332 e. The molecule has 0 saturated carbocycles. The molecule has 0 saturated heterocycles. The molecular weight excluding hydrogens is 444 g/mol. The Balaban J connectivity index is 1.68. The Hall–Kier alpha value is -3.21. The highest BCUT2D eigenvalue weighted by Gasteiger charge is 2.16. The fourth-order valence-electron chi connectivity index (χ4n) is 2.87. The number of imidazole rings is 1. The Morgan fingerprint density at radius 2 is 1.86 bits per heavy atom. The van der Waals surface area contributed by atoms with E-state index in [1.807, 2.05) is 13.0 Å². The van der Waals surface area contributed by atoms with E-state index < -0.39 is 17.2 Å². The number of hydrogen-bond donors (Lipinski definition) is 2. The van der Waals surface area contributed by atoms with Crippen LogP contribution in [0.2, 0.25) is 0 Å². The first-order chi connectivity index (χ1) is 13.7. The first-order valence-electron chi connectivity index (χ1n) is 8.62. The summed E-state index contributed by atoms with van der Waals surface area (Å²) in [6, 6.07) is 5.43. The number of aryl methyl sites for hydroxylation is 2. The van der Waals surface area contributed by atoms with E-state index in [2.05, 4.69) is 31.5 Å². The van der Waals surface area contributed by atoms with Crippen molar-refractivity contribution in [3.8, 4) is 0 Å². The SMILES string of the molecule is Cc1cc(Br)ccc1NC(=O)CNC(=O)Cn1cnc2c1c(=O)n(C)c(=O)n2C. The average molecular weight is 463 g/mol. The third kappa shape index (κ3) is 4.14. The van der Waals surface area contributed by atoms with Crippen molar-refractivity contribution in [2.24, 2.45) is 14.1 Å². The minimum absolute atomic E-state index is 0.139. The van der Waals surface area contributed by atoms with Gasteiger partial charge in [-0.15, -0.1) is 0 Å². The maximum Gasteiger partial charge on any atom is 0.332 e. The topological polar surface area (TPSA) is 120 Å². The molecule has 0 fully saturated rings. The van der Waals surface area contributed by atoms with Crippen LogP contribution in [0, 0.1) is 6.92 Å². The molecule has 0 aliphatic heterocycles. The zero-order chi connectivity index (χ0) is 21.3. The maximum atomic E-state index is 12.4. The van der Waals surface area contributed by atoms with Gasteiger partial charge >= 0.3 is 5.69 Å². The molecule has 10 nitrogen and oxygen atoms in total. The van der Waals surface area contributed by atoms with Gasteiger partial charge in [0.2, 0.25) is 11.8 Å². The van der Waals surface area contributed by atoms with Crippen molar-refractivity contribution >= 4 is 44.6 Å². The highest BCUT2D eigenvalue weighted by molar-refractivity contribution is 9.10. The number of anilines is 1. The van der Waals surface area contributed by atoms with E-state index >= 15 is 0 Å². The molecular formula is C18H19BrN6O4. The standard InChI is InChI=1S/C18H19BrN6O4/c1-10-6-11(19)4-5-12(10)22-13(26)7-20-14(27)8-25-9-21-16-15(25)17(28)24(3)18(29)23(16)2/h4-6,9H,7-8H2,1-3H3,(H,20,27)(H,22,26). The molecule has 0 atom stereocenters. The number of rotatable bonds is 5. The van der Waals surface area contributed by atoms with E-state index in [-0.39, 0.29) is 30.2 Å². The highest BCUT2D eigenvalue weighted by atomic mass is 79.9. The Morgan fingerprint density at radius 1 is 1.14 bits per heavy atom. The largest absolute Gasteiger partial charge is 0.345 e. The van der Waals surface area contributed by atoms with Gasteiger partial charge in [0.15, 0.2) is 11.2 Å². The summed E-state index contributed by atoms with van der Waals surface area (Å²) in [6.45, 7) is 1.42. The second-order valence-electron chi connectivity index (χ2n) is 6.53. The Bertz CT molecular complexity index is 1240. The fourth-order valence-corrected chi connectivity index (χ4v) is 3.34. The first kappa shape index (κ1) is 20.5. The Morgan fingerprint density at radius 3 is 2.55 bits per heavy atom. The minimum atomic E-state index is -0.545. The summed E-state index contributed by atoms with van der Waals surface area (Å²) in [5.41, 5.74) is 0.811. The number of nitrogens with one attached hydrogen (secondary N) is 2. The van der Waals surface area contributed by atoms with Gasteiger partial charge in [0.05, 0.1) is 12.9 Å². The van der Waals surface area contributed by atoms with E-state index in [0.717, 1.165) is 14.6 Å². The minimum Gasteiger partial charge on any atom is -0.345 e. The molecule has 3 rings (SSSR count). The Kier molecular flexibility index (Phi) is 5.69. The second kappa shape index (κ2) is 8.03. The number of carbonyl (C=O) groups excluding carboxylic acids is 2. The first-order valence-corrected chi connectivity index (χ1v) is 9.42. The monoisotopic (exact) mass is 462 g/mol. The molecule has 152 valence electrons. The van der Waals surface area contributed by atoms with Gasteiger partial charge in [0.1, 0.15) is 6.54 Å². The number of amides is 2. The molecule has 11 heteroatoms. The van der Waals surface area contributed by atoms with Crippen LogP contribution in [0.25, 0.3) is 11.2 Å². The Labute approximate surface area is 173 Å². The van der Waals surface area contributed by atoms with Gasteiger partial charge in [0.25, 0.3) is 5.56 Å². The molecule has 0 aliphatic rings. The van der Waals surface area contributed by atoms with Gasteiger partial charge in [-0.25, -0.2) is 9.78 Å². The van der Waals surface area contributed by atoms with Gasteiger partial charge < -0.3 is 15.2 Å². The van der Waals surface area contributed by atoms with Crippen molar-refractivity contribution in [3.05, 3.63) is 55.4 Å². The maximum absolute atomic E-state index is 12.4. The molecule has 0 unspecified atom stereocenters. The molecule has 1 aromatic carbocycles. The summed E-state index contributed by atoms with van der Waals surface area (Å²) < 4.78 is 4.44. The number of fused-ring (bicyclic) bond motifs is 1. The lowest BCUT2D eigenvalue weighted by Crippen LogP contribution is -2.38. The van der Waals surface area contributed by atoms with Crippen LogP contribution in [0.1, 0.15) is 5.56 Å². The molecule has 2 N–H and O–H groups in total. The van der Waals surface area contributed by atoms with Crippen LogP contribution < -0.4 is 21.9 Å². The van der Waals surface area contributed by atoms with Crippen LogP contribution in [0.15, 0.2) is 38.6 Å². The fraction of sp³-hybridized carbons (Fsp3) is 0.278. The highest BCUT2D eigenvalue weighted by Crippen LogP contribution is 2.19. The normalized spacial score (nSPS) is 10.9. The van der Waals surface area contributed by atoms with E-state index in [1.54, 1.807) is 12.1 Å². The molecule has 0 bridgehead atoms. The van der Waals surface area contributed by atoms with Crippen LogP contribution in [0.5, 0.6) is 0 Å². The summed E-state index contributed by atoms with van der Waals surface area (Å²) in [7, 11) is 2.85. The molecule has 0 spiro atoms. The molecule has 0 aliphatic carbocycles. The van der Waals surface area contributed by atoms with Crippen molar-refractivity contribution in [2.45, 2.75) is 13.5 Å². The molecule has 29 heavy (non-hydrogen) atoms. The molecule has 2 heterocycles. The van der Waals surface area contributed by atoms with E-state index in [9.17, 15) is 19.2 Å². The quantitative estimate of drug-likeness (QED) is 0.563. The van der Waals surface area contributed by atoms with Crippen molar-refractivity contribution < 1.29 is 9.59 Å². The molecule has 2 aromatic heterocycles. The van der Waals surface area contributed by atoms with Gasteiger partial charge in [-0.1, -0.05) is 15.9 Å². The van der Waals surface area contributed by atoms with Gasteiger partial charge in [-0.05, 0) is 30.7 Å². The van der Waals surface area contributed by atoms with Crippen LogP contribution in [0.3, 0.4) is 0 Å². The number of benzene rings is 1. The zero-order valence-corrected chi connectivity index (χ0v) is 17.6. The van der Waals surface area contributed by atoms with E-state index in [4.69, 9.17) is 0 Å². The summed E-state index contributed by atoms with van der Waals surface area (Å²) in [5.74, 6) is -0.847. The summed E-state index contributed by atoms with van der Waals surface area (Å²) in [5, 5.41) is 5.24. The van der Waals surface area contributed by atoms with Crippen LogP contribution in [0.4, 0.5) is 5.69 Å². The van der Waals surface area contributed by atoms with Crippen LogP contribution in [-0.2, 0) is 30.2 Å². The number of nitrogens with zero attached hydrogens (tertiary/aromatic N) is 4. The third-order valence-electron chi connectivity index (χ3n) is 4.44. The van der Waals surface area contributed by atoms with Gasteiger partial charge in [-0.2, -0.15) is 0 Å². The van der Waals surface area contributed by atoms with Crippen LogP contribution in [-0.4, -0.2) is 37.0 Å². The summed E-state index contributed by atoms with van der Waals surface area (Å²) >= 11 is 3.36. The van der Waals surface area contributed by atoms with Crippen molar-refractivity contribution in [3.63, 3.8) is 0 Å². The number of hydrogen-bond acceptors (Lipinski definition) is 5. The number of halogens is 1. The summed E-state index contributed by atoms with van der Waals surface area (Å²) in [6.07, 6.45) is 1.32. The predicted molar refractivity (Wildman–Crippen MR) is 111 cm³/mol. The van der Waals surface area contributed by atoms with Gasteiger partial charge in [-0.3, -0.25) is 23.5 Å². The van der Waals surface area contributed by atoms with Gasteiger partial charge in [0, 0.05) is 24.3 Å². The third-order valence-corrected chi connectivity index (χ3v) is 4.93. The number of aromatic nitrogens is 4. The molecule has 2 amide bonds. The number of carbonyl (C=O) groups is 2. The van der Waals surface area contributed by atoms with Crippen molar-refractivity contribution in [1.82, 2.24) is 24.0 Å². The average Bonchev–Trinajstić information content (AvgIpc) is 3.09. The lowest BCUT2D eigenvalue weighted by atomic mass is 10.2. The molecule has 3 aromatic rings. The van der Waals surface area contributed by atoms with Crippen molar-refractivity contribution in [2.75, 3.05) is 11.9 Å². The second-order valence-corrected chi connectivity index (χ2v) is 7.45. The molecule has 0 radical (unpaired) electrons. The lowest BCUT2D eigenvalue weighted by Gasteiger charge is -2.10. The lowest BCUT2D eigenvalue weighted by molar-refractivity contribution is -0.124. The summed E-state index contributed by atoms with van der Waals surface area (Å²) in [4.78, 5) is 52.7. The van der Waals surface area contributed by atoms with E-state index in [1.165, 1.54) is 29.6 Å².